The number of rotatable bonds is 4. The van der Waals surface area contributed by atoms with Gasteiger partial charge in [0.1, 0.15) is 11.6 Å². The van der Waals surface area contributed by atoms with Crippen LogP contribution in [-0.2, 0) is 0 Å². The van der Waals surface area contributed by atoms with Crippen LogP contribution in [0.4, 0.5) is 4.39 Å². The number of phenolic OH excluding ortho intramolecular Hbond substituents is 1. The zero-order valence-corrected chi connectivity index (χ0v) is 12.3. The molecule has 1 atom stereocenters. The summed E-state index contributed by atoms with van der Waals surface area (Å²) in [6.45, 7) is 5.12. The molecule has 1 aliphatic carbocycles. The third-order valence-electron chi connectivity index (χ3n) is 4.52. The summed E-state index contributed by atoms with van der Waals surface area (Å²) in [5, 5.41) is 9.96. The van der Waals surface area contributed by atoms with Crippen LogP contribution >= 0.6 is 0 Å². The summed E-state index contributed by atoms with van der Waals surface area (Å²) in [7, 11) is 0. The number of nitrogens with zero attached hydrogens (tertiary/aromatic N) is 1. The Kier molecular flexibility index (Phi) is 5.00. The van der Waals surface area contributed by atoms with E-state index in [1.54, 1.807) is 6.07 Å². The van der Waals surface area contributed by atoms with Crippen molar-refractivity contribution in [3.8, 4) is 5.75 Å². The molecule has 3 nitrogen and oxygen atoms in total. The Morgan fingerprint density at radius 3 is 2.55 bits per heavy atom. The molecule has 0 amide bonds. The van der Waals surface area contributed by atoms with Crippen LogP contribution in [-0.4, -0.2) is 28.6 Å². The molecule has 1 aliphatic rings. The SMILES string of the molecule is CCN(C1CCC(N)CC1)C(C)c1ccc(F)cc1O. The fraction of sp³-hybridized carbons (Fsp3) is 0.625. The van der Waals surface area contributed by atoms with Crippen LogP contribution < -0.4 is 5.73 Å². The van der Waals surface area contributed by atoms with Gasteiger partial charge in [-0.05, 0) is 45.2 Å². The molecule has 1 aromatic rings. The first-order valence-electron chi connectivity index (χ1n) is 7.52. The van der Waals surface area contributed by atoms with Gasteiger partial charge in [-0.1, -0.05) is 13.0 Å². The molecule has 1 saturated carbocycles. The van der Waals surface area contributed by atoms with Crippen LogP contribution in [0, 0.1) is 5.82 Å². The number of hydrogen-bond acceptors (Lipinski definition) is 3. The highest BCUT2D eigenvalue weighted by Crippen LogP contribution is 2.33. The summed E-state index contributed by atoms with van der Waals surface area (Å²) in [6, 6.07) is 5.21. The molecule has 0 aliphatic heterocycles. The molecule has 0 radical (unpaired) electrons. The highest BCUT2D eigenvalue weighted by molar-refractivity contribution is 5.35. The fourth-order valence-electron chi connectivity index (χ4n) is 3.33. The van der Waals surface area contributed by atoms with E-state index in [-0.39, 0.29) is 11.8 Å². The lowest BCUT2D eigenvalue weighted by molar-refractivity contribution is 0.113. The van der Waals surface area contributed by atoms with Crippen molar-refractivity contribution in [2.75, 3.05) is 6.54 Å². The monoisotopic (exact) mass is 280 g/mol. The molecule has 0 bridgehead atoms. The average molecular weight is 280 g/mol. The van der Waals surface area contributed by atoms with Gasteiger partial charge < -0.3 is 10.8 Å². The quantitative estimate of drug-likeness (QED) is 0.890. The molecule has 0 aromatic heterocycles. The fourth-order valence-corrected chi connectivity index (χ4v) is 3.33. The van der Waals surface area contributed by atoms with Crippen LogP contribution in [0.25, 0.3) is 0 Å². The van der Waals surface area contributed by atoms with Gasteiger partial charge in [0.15, 0.2) is 0 Å². The van der Waals surface area contributed by atoms with E-state index in [1.165, 1.54) is 12.1 Å². The molecule has 1 unspecified atom stereocenters. The van der Waals surface area contributed by atoms with Gasteiger partial charge in [-0.25, -0.2) is 4.39 Å². The molecule has 20 heavy (non-hydrogen) atoms. The van der Waals surface area contributed by atoms with Gasteiger partial charge in [0.25, 0.3) is 0 Å². The van der Waals surface area contributed by atoms with E-state index in [0.717, 1.165) is 37.8 Å². The Morgan fingerprint density at radius 1 is 1.35 bits per heavy atom. The number of nitrogens with two attached hydrogens (primary N) is 1. The van der Waals surface area contributed by atoms with Crippen molar-refractivity contribution in [2.45, 2.75) is 57.7 Å². The average Bonchev–Trinajstić information content (AvgIpc) is 2.41. The van der Waals surface area contributed by atoms with Crippen molar-refractivity contribution in [2.24, 2.45) is 5.73 Å². The van der Waals surface area contributed by atoms with Crippen molar-refractivity contribution < 1.29 is 9.50 Å². The first-order valence-corrected chi connectivity index (χ1v) is 7.52. The van der Waals surface area contributed by atoms with Gasteiger partial charge in [-0.15, -0.1) is 0 Å². The third kappa shape index (κ3) is 3.30. The zero-order valence-electron chi connectivity index (χ0n) is 12.3. The van der Waals surface area contributed by atoms with Gasteiger partial charge in [0, 0.05) is 29.8 Å². The maximum atomic E-state index is 13.1. The molecule has 1 aromatic carbocycles. The minimum Gasteiger partial charge on any atom is -0.508 e. The molecule has 1 fully saturated rings. The van der Waals surface area contributed by atoms with Crippen molar-refractivity contribution in [1.82, 2.24) is 4.90 Å². The second kappa shape index (κ2) is 6.55. The minimum absolute atomic E-state index is 0.0449. The van der Waals surface area contributed by atoms with Crippen molar-refractivity contribution in [1.29, 1.82) is 0 Å². The summed E-state index contributed by atoms with van der Waals surface area (Å²) in [4.78, 5) is 2.39. The number of aromatic hydroxyl groups is 1. The Labute approximate surface area is 120 Å². The Hall–Kier alpha value is -1.13. The van der Waals surface area contributed by atoms with Crippen molar-refractivity contribution >= 4 is 0 Å². The lowest BCUT2D eigenvalue weighted by atomic mass is 9.89. The lowest BCUT2D eigenvalue weighted by Gasteiger charge is -2.39. The minimum atomic E-state index is -0.398. The second-order valence-corrected chi connectivity index (χ2v) is 5.78. The molecular formula is C16H25FN2O. The third-order valence-corrected chi connectivity index (χ3v) is 4.52. The van der Waals surface area contributed by atoms with Crippen LogP contribution in [0.5, 0.6) is 5.75 Å². The summed E-state index contributed by atoms with van der Waals surface area (Å²) in [5.41, 5.74) is 6.76. The van der Waals surface area contributed by atoms with Gasteiger partial charge in [-0.2, -0.15) is 0 Å². The number of phenols is 1. The smallest absolute Gasteiger partial charge is 0.126 e. The van der Waals surface area contributed by atoms with Gasteiger partial charge in [-0.3, -0.25) is 4.90 Å². The van der Waals surface area contributed by atoms with Gasteiger partial charge in [0.2, 0.25) is 0 Å². The van der Waals surface area contributed by atoms with E-state index in [2.05, 4.69) is 18.7 Å². The first kappa shape index (κ1) is 15.3. The van der Waals surface area contributed by atoms with Crippen LogP contribution in [0.3, 0.4) is 0 Å². The second-order valence-electron chi connectivity index (χ2n) is 5.78. The Balaban J connectivity index is 2.14. The molecule has 0 spiro atoms. The molecule has 0 heterocycles. The maximum Gasteiger partial charge on any atom is 0.126 e. The van der Waals surface area contributed by atoms with Crippen molar-refractivity contribution in [3.05, 3.63) is 29.6 Å². The summed E-state index contributed by atoms with van der Waals surface area (Å²) in [6.07, 6.45) is 4.31. The Bertz CT molecular complexity index is 444. The predicted molar refractivity (Wildman–Crippen MR) is 79.1 cm³/mol. The predicted octanol–water partition coefficient (Wildman–Crippen LogP) is 3.18. The molecule has 4 heteroatoms. The normalized spacial score (nSPS) is 24.9. The number of hydrogen-bond donors (Lipinski definition) is 2. The van der Waals surface area contributed by atoms with E-state index in [1.807, 2.05) is 0 Å². The van der Waals surface area contributed by atoms with Crippen LogP contribution in [0.2, 0.25) is 0 Å². The molecule has 112 valence electrons. The van der Waals surface area contributed by atoms with Crippen molar-refractivity contribution in [3.63, 3.8) is 0 Å². The number of halogens is 1. The topological polar surface area (TPSA) is 49.5 Å². The molecular weight excluding hydrogens is 255 g/mol. The molecule has 0 saturated heterocycles. The van der Waals surface area contributed by atoms with Crippen LogP contribution in [0.1, 0.15) is 51.1 Å². The highest BCUT2D eigenvalue weighted by atomic mass is 19.1. The first-order chi connectivity index (χ1) is 9.52. The van der Waals surface area contributed by atoms with E-state index in [9.17, 15) is 9.50 Å². The highest BCUT2D eigenvalue weighted by Gasteiger charge is 2.28. The largest absolute Gasteiger partial charge is 0.508 e. The van der Waals surface area contributed by atoms with Gasteiger partial charge >= 0.3 is 0 Å². The summed E-state index contributed by atoms with van der Waals surface area (Å²) < 4.78 is 13.1. The van der Waals surface area contributed by atoms with E-state index in [4.69, 9.17) is 5.73 Å². The Morgan fingerprint density at radius 2 is 2.00 bits per heavy atom. The summed E-state index contributed by atoms with van der Waals surface area (Å²) in [5.74, 6) is -0.353. The number of benzene rings is 1. The zero-order chi connectivity index (χ0) is 14.7. The lowest BCUT2D eigenvalue weighted by Crippen LogP contribution is -2.42. The van der Waals surface area contributed by atoms with Gasteiger partial charge in [0.05, 0.1) is 0 Å². The molecule has 2 rings (SSSR count). The maximum absolute atomic E-state index is 13.1. The summed E-state index contributed by atoms with van der Waals surface area (Å²) >= 11 is 0. The van der Waals surface area contributed by atoms with E-state index >= 15 is 0 Å². The van der Waals surface area contributed by atoms with Crippen LogP contribution in [0.15, 0.2) is 18.2 Å². The standard InChI is InChI=1S/C16H25FN2O/c1-3-19(14-7-5-13(18)6-8-14)11(2)15-9-4-12(17)10-16(15)20/h4,9-11,13-14,20H,3,5-8,18H2,1-2H3. The van der Waals surface area contributed by atoms with E-state index < -0.39 is 5.82 Å². The molecule has 3 N–H and O–H groups in total. The van der Waals surface area contributed by atoms with E-state index in [0.29, 0.717) is 12.1 Å².